The minimum atomic E-state index is -0.278. The number of aromatic nitrogens is 3. The lowest BCUT2D eigenvalue weighted by molar-refractivity contribution is 0.0707. The van der Waals surface area contributed by atoms with Crippen LogP contribution in [0.2, 0.25) is 0 Å². The Morgan fingerprint density at radius 3 is 2.52 bits per heavy atom. The number of amides is 2. The molecule has 11 nitrogen and oxygen atoms in total. The van der Waals surface area contributed by atoms with Gasteiger partial charge in [-0.15, -0.1) is 0 Å². The van der Waals surface area contributed by atoms with Gasteiger partial charge in [0, 0.05) is 74.7 Å². The number of aryl methyl sites for hydroxylation is 1. The molecule has 46 heavy (non-hydrogen) atoms. The lowest BCUT2D eigenvalue weighted by Crippen LogP contribution is -2.45. The Bertz CT molecular complexity index is 1780. The molecule has 2 amide bonds. The van der Waals surface area contributed by atoms with Gasteiger partial charge in [0.1, 0.15) is 17.0 Å². The van der Waals surface area contributed by atoms with Gasteiger partial charge in [0.2, 0.25) is 0 Å². The third kappa shape index (κ3) is 5.55. The van der Waals surface area contributed by atoms with Gasteiger partial charge in [0.25, 0.3) is 5.91 Å². The molecule has 3 fully saturated rings. The van der Waals surface area contributed by atoms with Crippen LogP contribution >= 0.6 is 0 Å². The molecule has 7 rings (SSSR count). The van der Waals surface area contributed by atoms with Crippen molar-refractivity contribution in [3.8, 4) is 17.1 Å². The highest BCUT2D eigenvalue weighted by molar-refractivity contribution is 5.96. The van der Waals surface area contributed by atoms with Gasteiger partial charge in [-0.1, -0.05) is 6.07 Å². The van der Waals surface area contributed by atoms with Crippen molar-refractivity contribution >= 4 is 34.1 Å². The maximum Gasteiger partial charge on any atom is 0.409 e. The highest BCUT2D eigenvalue weighted by atomic mass is 16.5. The van der Waals surface area contributed by atoms with Crippen molar-refractivity contribution < 1.29 is 19.1 Å². The van der Waals surface area contributed by atoms with Crippen molar-refractivity contribution in [2.75, 3.05) is 52.3 Å². The molecule has 1 aromatic carbocycles. The van der Waals surface area contributed by atoms with E-state index in [2.05, 4.69) is 40.7 Å². The summed E-state index contributed by atoms with van der Waals surface area (Å²) in [5.41, 5.74) is 13.0. The number of likely N-dealkylation sites (tertiary alicyclic amines) is 1. The molecule has 11 heteroatoms. The molecule has 1 aliphatic carbocycles. The van der Waals surface area contributed by atoms with Crippen LogP contribution in [-0.4, -0.2) is 95.5 Å². The molecule has 0 bridgehead atoms. The Morgan fingerprint density at radius 1 is 1.04 bits per heavy atom. The predicted molar refractivity (Wildman–Crippen MR) is 179 cm³/mol. The van der Waals surface area contributed by atoms with Crippen LogP contribution in [-0.2, 0) is 11.3 Å². The van der Waals surface area contributed by atoms with E-state index in [4.69, 9.17) is 20.3 Å². The summed E-state index contributed by atoms with van der Waals surface area (Å²) < 4.78 is 15.0. The van der Waals surface area contributed by atoms with Gasteiger partial charge in [-0.2, -0.15) is 5.10 Å². The first-order valence-corrected chi connectivity index (χ1v) is 16.6. The van der Waals surface area contributed by atoms with Crippen LogP contribution in [0, 0.1) is 12.8 Å². The molecule has 3 aliphatic rings. The summed E-state index contributed by atoms with van der Waals surface area (Å²) in [4.78, 5) is 31.6. The number of piperidine rings is 2. The van der Waals surface area contributed by atoms with Crippen molar-refractivity contribution in [3.63, 3.8) is 0 Å². The molecular weight excluding hydrogens is 582 g/mol. The van der Waals surface area contributed by atoms with Crippen molar-refractivity contribution in [1.82, 2.24) is 24.0 Å². The molecule has 2 saturated heterocycles. The van der Waals surface area contributed by atoms with Crippen LogP contribution in [0.25, 0.3) is 27.8 Å². The molecule has 2 N–H and O–H groups in total. The first-order chi connectivity index (χ1) is 22.2. The van der Waals surface area contributed by atoms with Crippen molar-refractivity contribution in [1.29, 1.82) is 0 Å². The third-order valence-electron chi connectivity index (χ3n) is 10.2. The molecule has 244 valence electrons. The zero-order valence-corrected chi connectivity index (χ0v) is 27.4. The lowest BCUT2D eigenvalue weighted by atomic mass is 10.0. The molecule has 1 atom stereocenters. The van der Waals surface area contributed by atoms with E-state index in [1.165, 1.54) is 36.5 Å². The van der Waals surface area contributed by atoms with E-state index in [0.717, 1.165) is 67.8 Å². The zero-order valence-electron chi connectivity index (χ0n) is 27.4. The Kier molecular flexibility index (Phi) is 8.04. The monoisotopic (exact) mass is 627 g/mol. The van der Waals surface area contributed by atoms with E-state index in [-0.39, 0.29) is 24.1 Å². The highest BCUT2D eigenvalue weighted by Crippen LogP contribution is 2.39. The topological polar surface area (TPSA) is 111 Å². The number of hydrogen-bond donors (Lipinski definition) is 1. The summed E-state index contributed by atoms with van der Waals surface area (Å²) in [5, 5.41) is 6.28. The quantitative estimate of drug-likeness (QED) is 0.310. The van der Waals surface area contributed by atoms with E-state index < -0.39 is 0 Å². The summed E-state index contributed by atoms with van der Waals surface area (Å²) in [7, 11) is 4.91. The fourth-order valence-electron chi connectivity index (χ4n) is 7.37. The number of pyridine rings is 1. The van der Waals surface area contributed by atoms with Crippen LogP contribution in [0.1, 0.15) is 54.4 Å². The van der Waals surface area contributed by atoms with Crippen molar-refractivity contribution in [2.45, 2.75) is 64.1 Å². The summed E-state index contributed by atoms with van der Waals surface area (Å²) in [6.45, 7) is 6.06. The summed E-state index contributed by atoms with van der Waals surface area (Å²) in [6, 6.07) is 11.0. The van der Waals surface area contributed by atoms with Gasteiger partial charge < -0.3 is 34.5 Å². The smallest absolute Gasteiger partial charge is 0.409 e. The number of nitrogens with two attached hydrogens (primary N) is 1. The largest absolute Gasteiger partial charge is 0.494 e. The van der Waals surface area contributed by atoms with Gasteiger partial charge in [0.15, 0.2) is 0 Å². The summed E-state index contributed by atoms with van der Waals surface area (Å²) >= 11 is 0. The first kappa shape index (κ1) is 30.4. The lowest BCUT2D eigenvalue weighted by Gasteiger charge is -2.37. The maximum atomic E-state index is 13.5. The molecular formula is C35H45N7O4. The Labute approximate surface area is 269 Å². The number of carbonyl (C=O) groups is 2. The molecule has 0 spiro atoms. The van der Waals surface area contributed by atoms with E-state index in [1.54, 1.807) is 12.0 Å². The third-order valence-corrected chi connectivity index (χ3v) is 10.2. The van der Waals surface area contributed by atoms with E-state index in [9.17, 15) is 9.59 Å². The highest BCUT2D eigenvalue weighted by Gasteiger charge is 2.29. The molecule has 0 unspecified atom stereocenters. The number of ether oxygens (including phenoxy) is 2. The Hall–Kier alpha value is -4.25. The second kappa shape index (κ2) is 12.2. The maximum absolute atomic E-state index is 13.5. The number of anilines is 1. The molecule has 5 heterocycles. The molecule has 0 radical (unpaired) electrons. The van der Waals surface area contributed by atoms with Gasteiger partial charge in [-0.05, 0) is 75.6 Å². The molecule has 4 aromatic rings. The summed E-state index contributed by atoms with van der Waals surface area (Å²) in [6.07, 6.45) is 7.69. The number of carbonyl (C=O) groups excluding carboxylic acids is 2. The van der Waals surface area contributed by atoms with Crippen LogP contribution in [0.15, 0.2) is 36.5 Å². The average Bonchev–Trinajstić information content (AvgIpc) is 3.75. The van der Waals surface area contributed by atoms with Crippen molar-refractivity contribution in [2.24, 2.45) is 11.7 Å². The average molecular weight is 628 g/mol. The van der Waals surface area contributed by atoms with Crippen LogP contribution in [0.4, 0.5) is 10.5 Å². The zero-order chi connectivity index (χ0) is 32.1. The van der Waals surface area contributed by atoms with Crippen LogP contribution < -0.4 is 15.4 Å². The Balaban J connectivity index is 1.23. The second-order valence-electron chi connectivity index (χ2n) is 13.3. The molecule has 2 aliphatic heterocycles. The predicted octanol–water partition coefficient (Wildman–Crippen LogP) is 4.91. The standard InChI is InChI=1S/C35H45N7O4/c1-22-32(37-42-20-25(17-31(45-3)33(22)42)34(43)40-13-5-6-26(36)21-40)30-16-24-9-10-28(18-29(24)41(30)19-23-7-8-23)39-14-11-27(12-15-39)38(2)35(44)46-4/h9-10,16-18,20,23,26-27H,5-8,11-15,19,21,36H2,1-4H3/t26-/m1/s1. The number of nitrogens with zero attached hydrogens (tertiary/aromatic N) is 6. The SMILES string of the molecule is COC(=O)N(C)C1CCN(c2ccc3cc(-c4nn5cc(C(=O)N6CCC[C@@H](N)C6)cc(OC)c5c4C)n(CC4CC4)c3c2)CC1. The van der Waals surface area contributed by atoms with Gasteiger partial charge >= 0.3 is 6.09 Å². The van der Waals surface area contributed by atoms with E-state index in [0.29, 0.717) is 30.3 Å². The normalized spacial score (nSPS) is 19.2. The Morgan fingerprint density at radius 2 is 1.83 bits per heavy atom. The fraction of sp³-hybridized carbons (Fsp3) is 0.514. The van der Waals surface area contributed by atoms with E-state index >= 15 is 0 Å². The van der Waals surface area contributed by atoms with E-state index in [1.807, 2.05) is 28.7 Å². The minimum absolute atomic E-state index is 0.0101. The molecule has 1 saturated carbocycles. The number of rotatable bonds is 7. The number of methoxy groups -OCH3 is 2. The van der Waals surface area contributed by atoms with Gasteiger partial charge in [0.05, 0.1) is 31.0 Å². The van der Waals surface area contributed by atoms with Gasteiger partial charge in [-0.25, -0.2) is 9.31 Å². The van der Waals surface area contributed by atoms with Gasteiger partial charge in [-0.3, -0.25) is 4.79 Å². The number of hydrogen-bond acceptors (Lipinski definition) is 7. The van der Waals surface area contributed by atoms with Crippen molar-refractivity contribution in [3.05, 3.63) is 47.7 Å². The minimum Gasteiger partial charge on any atom is -0.494 e. The molecule has 3 aromatic heterocycles. The fourth-order valence-corrected chi connectivity index (χ4v) is 7.37. The van der Waals surface area contributed by atoms with Crippen LogP contribution in [0.5, 0.6) is 5.75 Å². The summed E-state index contributed by atoms with van der Waals surface area (Å²) in [5.74, 6) is 1.26. The number of benzene rings is 1. The second-order valence-corrected chi connectivity index (χ2v) is 13.3. The number of fused-ring (bicyclic) bond motifs is 2. The first-order valence-electron chi connectivity index (χ1n) is 16.6. The van der Waals surface area contributed by atoms with Crippen LogP contribution in [0.3, 0.4) is 0 Å².